The molecule has 1 fully saturated rings. The number of nitrogens with one attached hydrogen (secondary N) is 1. The number of carbonyl (C=O) groups is 2. The summed E-state index contributed by atoms with van der Waals surface area (Å²) in [5, 5.41) is 2.60. The number of esters is 1. The normalized spacial score (nSPS) is 25.4. The fourth-order valence-electron chi connectivity index (χ4n) is 1.72. The fraction of sp³-hybridized carbons (Fsp3) is 0.692. The Morgan fingerprint density at radius 3 is 2.61 bits per heavy atom. The minimum atomic E-state index is -0.966. The molecule has 0 aliphatic heterocycles. The lowest BCUT2D eigenvalue weighted by molar-refractivity contribution is -0.147. The van der Waals surface area contributed by atoms with Crippen molar-refractivity contribution < 1.29 is 19.1 Å². The molecule has 0 radical (unpaired) electrons. The van der Waals surface area contributed by atoms with Crippen molar-refractivity contribution in [2.75, 3.05) is 13.2 Å². The SMILES string of the molecule is C=CC1CC1(NC(=O)OCC(C)C)C(=O)OCC. The highest BCUT2D eigenvalue weighted by Gasteiger charge is 2.61. The van der Waals surface area contributed by atoms with Gasteiger partial charge in [-0.3, -0.25) is 0 Å². The van der Waals surface area contributed by atoms with Crippen LogP contribution in [0.5, 0.6) is 0 Å². The zero-order valence-electron chi connectivity index (χ0n) is 11.2. The summed E-state index contributed by atoms with van der Waals surface area (Å²) in [4.78, 5) is 23.4. The van der Waals surface area contributed by atoms with Crippen LogP contribution in [-0.2, 0) is 14.3 Å². The minimum Gasteiger partial charge on any atom is -0.464 e. The van der Waals surface area contributed by atoms with Gasteiger partial charge in [-0.05, 0) is 19.3 Å². The number of alkyl carbamates (subject to hydrolysis) is 1. The van der Waals surface area contributed by atoms with E-state index in [1.807, 2.05) is 13.8 Å². The molecule has 1 aliphatic carbocycles. The van der Waals surface area contributed by atoms with Gasteiger partial charge in [0.15, 0.2) is 0 Å². The van der Waals surface area contributed by atoms with E-state index in [-0.39, 0.29) is 18.4 Å². The lowest BCUT2D eigenvalue weighted by Gasteiger charge is -2.17. The lowest BCUT2D eigenvalue weighted by Crippen LogP contribution is -2.46. The number of rotatable bonds is 6. The van der Waals surface area contributed by atoms with Crippen molar-refractivity contribution in [1.82, 2.24) is 5.32 Å². The van der Waals surface area contributed by atoms with Crippen molar-refractivity contribution in [2.24, 2.45) is 11.8 Å². The predicted octanol–water partition coefficient (Wildman–Crippen LogP) is 1.88. The standard InChI is InChI=1S/C13H21NO4/c1-5-10-7-13(10,11(15)17-6-2)14-12(16)18-8-9(3)4/h5,9-10H,1,6-8H2,2-4H3,(H,14,16). The molecule has 0 bridgehead atoms. The molecule has 18 heavy (non-hydrogen) atoms. The summed E-state index contributed by atoms with van der Waals surface area (Å²) in [6.45, 7) is 9.87. The number of amides is 1. The molecule has 1 amide bonds. The Morgan fingerprint density at radius 1 is 1.50 bits per heavy atom. The molecule has 0 aromatic heterocycles. The summed E-state index contributed by atoms with van der Waals surface area (Å²) in [5.41, 5.74) is -0.966. The summed E-state index contributed by atoms with van der Waals surface area (Å²) in [6, 6.07) is 0. The van der Waals surface area contributed by atoms with Gasteiger partial charge in [-0.25, -0.2) is 9.59 Å². The molecule has 1 N–H and O–H groups in total. The number of hydrogen-bond acceptors (Lipinski definition) is 4. The molecular formula is C13H21NO4. The molecule has 0 spiro atoms. The first-order valence-corrected chi connectivity index (χ1v) is 6.21. The van der Waals surface area contributed by atoms with Crippen LogP contribution in [-0.4, -0.2) is 30.8 Å². The minimum absolute atomic E-state index is 0.0804. The molecule has 1 rings (SSSR count). The summed E-state index contributed by atoms with van der Waals surface area (Å²) < 4.78 is 9.98. The van der Waals surface area contributed by atoms with Gasteiger partial charge in [0.25, 0.3) is 0 Å². The summed E-state index contributed by atoms with van der Waals surface area (Å²) >= 11 is 0. The molecule has 0 saturated heterocycles. The molecule has 0 aromatic carbocycles. The summed E-state index contributed by atoms with van der Waals surface area (Å²) in [5.74, 6) is -0.247. The smallest absolute Gasteiger partial charge is 0.408 e. The van der Waals surface area contributed by atoms with Crippen molar-refractivity contribution in [3.8, 4) is 0 Å². The van der Waals surface area contributed by atoms with Crippen LogP contribution >= 0.6 is 0 Å². The van der Waals surface area contributed by atoms with Crippen molar-refractivity contribution in [1.29, 1.82) is 0 Å². The maximum Gasteiger partial charge on any atom is 0.408 e. The van der Waals surface area contributed by atoms with Gasteiger partial charge in [-0.1, -0.05) is 19.9 Å². The summed E-state index contributed by atoms with van der Waals surface area (Å²) in [6.07, 6.45) is 1.59. The van der Waals surface area contributed by atoms with Crippen LogP contribution in [0.15, 0.2) is 12.7 Å². The Bertz CT molecular complexity index is 340. The Morgan fingerprint density at radius 2 is 2.17 bits per heavy atom. The largest absolute Gasteiger partial charge is 0.464 e. The first kappa shape index (κ1) is 14.5. The van der Waals surface area contributed by atoms with Gasteiger partial charge in [-0.2, -0.15) is 0 Å². The Hall–Kier alpha value is -1.52. The molecule has 1 aliphatic rings. The number of carbonyl (C=O) groups excluding carboxylic acids is 2. The van der Waals surface area contributed by atoms with Crippen molar-refractivity contribution in [3.63, 3.8) is 0 Å². The van der Waals surface area contributed by atoms with Crippen molar-refractivity contribution >= 4 is 12.1 Å². The molecule has 102 valence electrons. The van der Waals surface area contributed by atoms with Crippen LogP contribution in [0.1, 0.15) is 27.2 Å². The van der Waals surface area contributed by atoms with E-state index in [4.69, 9.17) is 9.47 Å². The maximum atomic E-state index is 11.8. The molecule has 0 heterocycles. The third kappa shape index (κ3) is 3.24. The quantitative estimate of drug-likeness (QED) is 0.581. The van der Waals surface area contributed by atoms with Crippen LogP contribution in [0.3, 0.4) is 0 Å². The molecule has 5 heteroatoms. The Kier molecular flexibility index (Phi) is 4.76. The van der Waals surface area contributed by atoms with Gasteiger partial charge in [0.1, 0.15) is 5.54 Å². The Labute approximate surface area is 108 Å². The highest BCUT2D eigenvalue weighted by atomic mass is 16.6. The highest BCUT2D eigenvalue weighted by Crippen LogP contribution is 2.45. The van der Waals surface area contributed by atoms with Gasteiger partial charge in [0, 0.05) is 5.92 Å². The van der Waals surface area contributed by atoms with Crippen LogP contribution in [0.4, 0.5) is 4.79 Å². The first-order valence-electron chi connectivity index (χ1n) is 6.21. The van der Waals surface area contributed by atoms with Crippen LogP contribution in [0.2, 0.25) is 0 Å². The van der Waals surface area contributed by atoms with Gasteiger partial charge in [0.05, 0.1) is 13.2 Å². The average molecular weight is 255 g/mol. The second-order valence-electron chi connectivity index (χ2n) is 4.86. The van der Waals surface area contributed by atoms with E-state index in [1.165, 1.54) is 0 Å². The molecule has 2 atom stereocenters. The van der Waals surface area contributed by atoms with Crippen LogP contribution in [0.25, 0.3) is 0 Å². The van der Waals surface area contributed by atoms with Crippen molar-refractivity contribution in [3.05, 3.63) is 12.7 Å². The van der Waals surface area contributed by atoms with E-state index >= 15 is 0 Å². The van der Waals surface area contributed by atoms with Crippen LogP contribution < -0.4 is 5.32 Å². The molecule has 5 nitrogen and oxygen atoms in total. The zero-order chi connectivity index (χ0) is 13.8. The van der Waals surface area contributed by atoms with Crippen LogP contribution in [0, 0.1) is 11.8 Å². The Balaban J connectivity index is 2.57. The zero-order valence-corrected chi connectivity index (χ0v) is 11.2. The molecule has 2 unspecified atom stereocenters. The maximum absolute atomic E-state index is 11.8. The third-order valence-electron chi connectivity index (χ3n) is 2.81. The van der Waals surface area contributed by atoms with E-state index in [1.54, 1.807) is 13.0 Å². The number of hydrogen-bond donors (Lipinski definition) is 1. The predicted molar refractivity (Wildman–Crippen MR) is 67.0 cm³/mol. The van der Waals surface area contributed by atoms with E-state index in [0.717, 1.165) is 0 Å². The van der Waals surface area contributed by atoms with E-state index in [0.29, 0.717) is 13.0 Å². The van der Waals surface area contributed by atoms with Gasteiger partial charge < -0.3 is 14.8 Å². The van der Waals surface area contributed by atoms with Gasteiger partial charge >= 0.3 is 12.1 Å². The van der Waals surface area contributed by atoms with Gasteiger partial charge in [-0.15, -0.1) is 6.58 Å². The van der Waals surface area contributed by atoms with E-state index in [2.05, 4.69) is 11.9 Å². The molecule has 0 aromatic rings. The molecule has 1 saturated carbocycles. The monoisotopic (exact) mass is 255 g/mol. The summed E-state index contributed by atoms with van der Waals surface area (Å²) in [7, 11) is 0. The van der Waals surface area contributed by atoms with E-state index < -0.39 is 17.6 Å². The fourth-order valence-corrected chi connectivity index (χ4v) is 1.72. The third-order valence-corrected chi connectivity index (χ3v) is 2.81. The van der Waals surface area contributed by atoms with E-state index in [9.17, 15) is 9.59 Å². The average Bonchev–Trinajstić information content (AvgIpc) is 3.01. The highest BCUT2D eigenvalue weighted by molar-refractivity contribution is 5.90. The topological polar surface area (TPSA) is 64.6 Å². The van der Waals surface area contributed by atoms with Crippen molar-refractivity contribution in [2.45, 2.75) is 32.7 Å². The second-order valence-corrected chi connectivity index (χ2v) is 4.86. The van der Waals surface area contributed by atoms with Gasteiger partial charge in [0.2, 0.25) is 0 Å². The molecular weight excluding hydrogens is 234 g/mol. The number of ether oxygens (including phenoxy) is 2. The lowest BCUT2D eigenvalue weighted by atomic mass is 10.2. The first-order chi connectivity index (χ1) is 8.46. The second kappa shape index (κ2) is 5.89.